The number of quaternary nitrogens is 1. The third-order valence-corrected chi connectivity index (χ3v) is 3.26. The summed E-state index contributed by atoms with van der Waals surface area (Å²) in [6.45, 7) is 0.924. The van der Waals surface area contributed by atoms with Gasteiger partial charge in [0.1, 0.15) is 0 Å². The van der Waals surface area contributed by atoms with Crippen molar-refractivity contribution in [1.82, 2.24) is 4.90 Å². The highest BCUT2D eigenvalue weighted by Gasteiger charge is 2.34. The van der Waals surface area contributed by atoms with Gasteiger partial charge >= 0.3 is 0 Å². The second-order valence-corrected chi connectivity index (χ2v) is 4.59. The van der Waals surface area contributed by atoms with Gasteiger partial charge < -0.3 is 5.73 Å². The van der Waals surface area contributed by atoms with Crippen LogP contribution in [0.4, 0.5) is 4.79 Å². The van der Waals surface area contributed by atoms with Crippen LogP contribution in [0, 0.1) is 0 Å². The number of rotatable bonds is 3. The van der Waals surface area contributed by atoms with Gasteiger partial charge in [-0.2, -0.15) is 0 Å². The second-order valence-electron chi connectivity index (χ2n) is 3.60. The summed E-state index contributed by atoms with van der Waals surface area (Å²) in [4.78, 5) is 25.2. The molecule has 1 aromatic rings. The third-order valence-electron chi connectivity index (χ3n) is 2.35. The van der Waals surface area contributed by atoms with E-state index in [1.54, 1.807) is 6.08 Å². The van der Waals surface area contributed by atoms with E-state index in [1.807, 2.05) is 30.3 Å². The van der Waals surface area contributed by atoms with E-state index in [4.69, 9.17) is 0 Å². The van der Waals surface area contributed by atoms with Crippen molar-refractivity contribution in [3.05, 3.63) is 40.8 Å². The van der Waals surface area contributed by atoms with E-state index in [0.29, 0.717) is 18.0 Å². The zero-order valence-electron chi connectivity index (χ0n) is 9.26. The lowest BCUT2D eigenvalue weighted by atomic mass is 10.2. The SMILES string of the molecule is [NH3+]CCN1C(=O)S/C(=C/c2ccccc2)C1=O. The van der Waals surface area contributed by atoms with Crippen LogP contribution < -0.4 is 5.73 Å². The molecule has 0 spiro atoms. The van der Waals surface area contributed by atoms with E-state index in [2.05, 4.69) is 5.73 Å². The van der Waals surface area contributed by atoms with Gasteiger partial charge in [-0.05, 0) is 23.4 Å². The highest BCUT2D eigenvalue weighted by atomic mass is 32.2. The zero-order chi connectivity index (χ0) is 12.3. The minimum atomic E-state index is -0.215. The van der Waals surface area contributed by atoms with Gasteiger partial charge in [-0.15, -0.1) is 0 Å². The quantitative estimate of drug-likeness (QED) is 0.812. The van der Waals surface area contributed by atoms with E-state index in [9.17, 15) is 9.59 Å². The lowest BCUT2D eigenvalue weighted by molar-refractivity contribution is -0.367. The van der Waals surface area contributed by atoms with Crippen LogP contribution in [0.1, 0.15) is 5.56 Å². The van der Waals surface area contributed by atoms with Crippen molar-refractivity contribution in [3.8, 4) is 0 Å². The first-order valence-corrected chi connectivity index (χ1v) is 6.13. The molecule has 17 heavy (non-hydrogen) atoms. The summed E-state index contributed by atoms with van der Waals surface area (Å²) in [6, 6.07) is 9.49. The monoisotopic (exact) mass is 249 g/mol. The molecule has 0 atom stereocenters. The zero-order valence-corrected chi connectivity index (χ0v) is 10.1. The molecule has 5 heteroatoms. The molecule has 1 aliphatic heterocycles. The fourth-order valence-electron chi connectivity index (χ4n) is 1.55. The molecule has 0 saturated carbocycles. The maximum absolute atomic E-state index is 11.9. The van der Waals surface area contributed by atoms with E-state index in [1.165, 1.54) is 4.90 Å². The molecule has 2 rings (SSSR count). The van der Waals surface area contributed by atoms with Crippen molar-refractivity contribution in [1.29, 1.82) is 0 Å². The average Bonchev–Trinajstić information content (AvgIpc) is 2.59. The Morgan fingerprint density at radius 2 is 1.94 bits per heavy atom. The third kappa shape index (κ3) is 2.57. The fourth-order valence-corrected chi connectivity index (χ4v) is 2.42. The Labute approximate surface area is 103 Å². The number of imide groups is 1. The minimum absolute atomic E-state index is 0.208. The van der Waals surface area contributed by atoms with Crippen molar-refractivity contribution in [3.63, 3.8) is 0 Å². The summed E-state index contributed by atoms with van der Waals surface area (Å²) in [6.07, 6.45) is 1.74. The molecular formula is C12H13N2O2S+. The highest BCUT2D eigenvalue weighted by molar-refractivity contribution is 8.18. The lowest BCUT2D eigenvalue weighted by Gasteiger charge is -2.08. The summed E-state index contributed by atoms with van der Waals surface area (Å²) in [7, 11) is 0. The molecule has 0 unspecified atom stereocenters. The summed E-state index contributed by atoms with van der Waals surface area (Å²) in [5, 5.41) is -0.208. The van der Waals surface area contributed by atoms with Crippen LogP contribution >= 0.6 is 11.8 Å². The maximum Gasteiger partial charge on any atom is 0.293 e. The number of carbonyl (C=O) groups is 2. The van der Waals surface area contributed by atoms with Gasteiger partial charge in [0.2, 0.25) is 0 Å². The van der Waals surface area contributed by atoms with Crippen molar-refractivity contribution in [2.45, 2.75) is 0 Å². The molecule has 1 fully saturated rings. The average molecular weight is 249 g/mol. The van der Waals surface area contributed by atoms with E-state index < -0.39 is 0 Å². The number of hydrogen-bond donors (Lipinski definition) is 1. The first-order chi connectivity index (χ1) is 8.22. The van der Waals surface area contributed by atoms with Crippen LogP contribution in [-0.2, 0) is 4.79 Å². The van der Waals surface area contributed by atoms with Gasteiger partial charge in [0, 0.05) is 0 Å². The van der Waals surface area contributed by atoms with Crippen LogP contribution in [0.2, 0.25) is 0 Å². The Morgan fingerprint density at radius 1 is 1.24 bits per heavy atom. The summed E-state index contributed by atoms with van der Waals surface area (Å²) >= 11 is 0.987. The number of amides is 2. The van der Waals surface area contributed by atoms with Crippen LogP contribution in [-0.4, -0.2) is 29.1 Å². The van der Waals surface area contributed by atoms with Gasteiger partial charge in [0.25, 0.3) is 11.1 Å². The number of benzene rings is 1. The molecule has 0 aliphatic carbocycles. The molecule has 0 aromatic heterocycles. The fraction of sp³-hybridized carbons (Fsp3) is 0.167. The Balaban J connectivity index is 2.22. The number of carbonyl (C=O) groups excluding carboxylic acids is 2. The normalized spacial score (nSPS) is 18.2. The Bertz CT molecular complexity index is 471. The molecular weight excluding hydrogens is 236 g/mol. The number of thioether (sulfide) groups is 1. The summed E-state index contributed by atoms with van der Waals surface area (Å²) in [5.74, 6) is -0.215. The molecule has 2 amide bonds. The number of nitrogens with zero attached hydrogens (tertiary/aromatic N) is 1. The van der Waals surface area contributed by atoms with Gasteiger partial charge in [-0.1, -0.05) is 30.3 Å². The smallest absolute Gasteiger partial charge is 0.293 e. The van der Waals surface area contributed by atoms with Crippen molar-refractivity contribution in [2.75, 3.05) is 13.1 Å². The standard InChI is InChI=1S/C12H12N2O2S/c13-6-7-14-11(15)10(17-12(14)16)8-9-4-2-1-3-5-9/h1-5,8H,6-7,13H2/p+1/b10-8+. The minimum Gasteiger partial charge on any atom is -0.356 e. The Hall–Kier alpha value is -1.59. The number of hydrogen-bond acceptors (Lipinski definition) is 3. The van der Waals surface area contributed by atoms with Crippen LogP contribution in [0.25, 0.3) is 6.08 Å². The van der Waals surface area contributed by atoms with Crippen molar-refractivity contribution < 1.29 is 15.3 Å². The molecule has 3 N–H and O–H groups in total. The predicted molar refractivity (Wildman–Crippen MR) is 66.9 cm³/mol. The van der Waals surface area contributed by atoms with E-state index >= 15 is 0 Å². The first kappa shape index (κ1) is 11.9. The van der Waals surface area contributed by atoms with Crippen molar-refractivity contribution in [2.24, 2.45) is 0 Å². The van der Waals surface area contributed by atoms with Crippen LogP contribution in [0.15, 0.2) is 35.2 Å². The molecule has 1 heterocycles. The van der Waals surface area contributed by atoms with Gasteiger partial charge in [-0.25, -0.2) is 0 Å². The van der Waals surface area contributed by atoms with Crippen LogP contribution in [0.3, 0.4) is 0 Å². The largest absolute Gasteiger partial charge is 0.356 e. The van der Waals surface area contributed by atoms with Gasteiger partial charge in [0.15, 0.2) is 0 Å². The highest BCUT2D eigenvalue weighted by Crippen LogP contribution is 2.31. The van der Waals surface area contributed by atoms with Crippen LogP contribution in [0.5, 0.6) is 0 Å². The predicted octanol–water partition coefficient (Wildman–Crippen LogP) is 0.965. The summed E-state index contributed by atoms with van der Waals surface area (Å²) in [5.41, 5.74) is 4.58. The van der Waals surface area contributed by atoms with E-state index in [-0.39, 0.29) is 11.1 Å². The molecule has 0 radical (unpaired) electrons. The summed E-state index contributed by atoms with van der Waals surface area (Å²) < 4.78 is 0. The molecule has 88 valence electrons. The van der Waals surface area contributed by atoms with Crippen molar-refractivity contribution >= 4 is 29.0 Å². The van der Waals surface area contributed by atoms with Gasteiger partial charge in [-0.3, -0.25) is 14.5 Å². The second kappa shape index (κ2) is 5.16. The lowest BCUT2D eigenvalue weighted by Crippen LogP contribution is -2.55. The topological polar surface area (TPSA) is 65.0 Å². The molecule has 4 nitrogen and oxygen atoms in total. The van der Waals surface area contributed by atoms with Gasteiger partial charge in [0.05, 0.1) is 18.0 Å². The molecule has 0 bridgehead atoms. The Morgan fingerprint density at radius 3 is 2.59 bits per heavy atom. The maximum atomic E-state index is 11.9. The Kier molecular flexibility index (Phi) is 3.61. The van der Waals surface area contributed by atoms with E-state index in [0.717, 1.165) is 17.3 Å². The molecule has 1 aliphatic rings. The molecule has 1 aromatic carbocycles. The first-order valence-electron chi connectivity index (χ1n) is 5.32. The molecule has 1 saturated heterocycles.